The molecule has 3 nitrogen and oxygen atoms in total. The maximum Gasteiger partial charge on any atom is 0.158 e. The summed E-state index contributed by atoms with van der Waals surface area (Å²) in [5.41, 5.74) is -0.343. The van der Waals surface area contributed by atoms with E-state index < -0.39 is 0 Å². The van der Waals surface area contributed by atoms with Gasteiger partial charge in [0.2, 0.25) is 0 Å². The number of ketones is 1. The van der Waals surface area contributed by atoms with Gasteiger partial charge in [-0.3, -0.25) is 4.79 Å². The van der Waals surface area contributed by atoms with E-state index in [0.29, 0.717) is 6.42 Å². The number of rotatable bonds is 0. The second-order valence-electron chi connectivity index (χ2n) is 3.99. The van der Waals surface area contributed by atoms with E-state index in [1.54, 1.807) is 12.2 Å². The third-order valence-corrected chi connectivity index (χ3v) is 3.29. The Morgan fingerprint density at radius 2 is 1.93 bits per heavy atom. The van der Waals surface area contributed by atoms with Crippen molar-refractivity contribution in [1.29, 1.82) is 0 Å². The van der Waals surface area contributed by atoms with E-state index in [1.165, 1.54) is 0 Å². The summed E-state index contributed by atoms with van der Waals surface area (Å²) >= 11 is 0. The van der Waals surface area contributed by atoms with E-state index >= 15 is 0 Å². The number of nitrogens with zero attached hydrogens (tertiary/aromatic N) is 1. The minimum Gasteiger partial charge on any atom is -0.644 e. The van der Waals surface area contributed by atoms with Crippen LogP contribution in [0.5, 0.6) is 0 Å². The van der Waals surface area contributed by atoms with Crippen LogP contribution in [0, 0.1) is 11.8 Å². The molecule has 1 unspecified atom stereocenters. The van der Waals surface area contributed by atoms with Crippen LogP contribution in [0.3, 0.4) is 0 Å². The van der Waals surface area contributed by atoms with Gasteiger partial charge in [0, 0.05) is 59.7 Å². The molecule has 3 atom stereocenters. The number of allylic oxidation sites excluding steroid dienone is 1. The Labute approximate surface area is 129 Å². The monoisotopic (exact) mass is 451 g/mol. The molecule has 1 aliphatic carbocycles. The maximum absolute atomic E-state index is 11.3. The first-order chi connectivity index (χ1) is 6.05. The van der Waals surface area contributed by atoms with Crippen LogP contribution in [-0.4, -0.2) is 17.2 Å². The van der Waals surface area contributed by atoms with Crippen molar-refractivity contribution in [3.05, 3.63) is 17.5 Å². The van der Waals surface area contributed by atoms with E-state index in [2.05, 4.69) is 5.32 Å². The molecule has 0 aromatic rings. The molecule has 0 bridgehead atoms. The molecule has 1 saturated heterocycles. The predicted octanol–water partition coefficient (Wildman–Crippen LogP) is 1.44. The zero-order chi connectivity index (χ0) is 9.64. The number of carbonyl (C=O) groups excluding carboxylic acids is 2. The first-order valence-electron chi connectivity index (χ1n) is 4.54. The van der Waals surface area contributed by atoms with Crippen LogP contribution in [0.2, 0.25) is 0 Å². The summed E-state index contributed by atoms with van der Waals surface area (Å²) in [5, 5.41) is 4.00. The number of amides is 1. The van der Waals surface area contributed by atoms with Gasteiger partial charge >= 0.3 is 0 Å². The molecule has 1 amide bonds. The van der Waals surface area contributed by atoms with Gasteiger partial charge < -0.3 is 10.1 Å². The summed E-state index contributed by atoms with van der Waals surface area (Å²) in [6.07, 6.45) is 3.84. The molecular weight excluding hydrogens is 439 g/mol. The summed E-state index contributed by atoms with van der Waals surface area (Å²) in [7, 11) is 0. The number of carbonyl (C=O) groups is 2. The quantitative estimate of drug-likeness (QED) is 0.524. The van der Waals surface area contributed by atoms with Crippen LogP contribution in [-0.2, 0) is 63.4 Å². The van der Waals surface area contributed by atoms with Crippen LogP contribution in [0.4, 0.5) is 0 Å². The van der Waals surface area contributed by atoms with E-state index in [-0.39, 0.29) is 82.8 Å². The van der Waals surface area contributed by atoms with Crippen LogP contribution in [0.15, 0.2) is 12.2 Å². The normalized spacial score (nSPS) is 37.5. The molecule has 0 saturated carbocycles. The molecule has 0 N–H and O–H groups in total. The topological polar surface area (TPSA) is 48.2 Å². The van der Waals surface area contributed by atoms with Crippen molar-refractivity contribution in [2.75, 3.05) is 0 Å². The van der Waals surface area contributed by atoms with Gasteiger partial charge in [0.1, 0.15) is 0 Å². The fraction of sp³-hybridized carbons (Fsp3) is 0.600. The van der Waals surface area contributed by atoms with E-state index in [4.69, 9.17) is 0 Å². The molecule has 5 heteroatoms. The van der Waals surface area contributed by atoms with Gasteiger partial charge in [0.15, 0.2) is 5.78 Å². The van der Waals surface area contributed by atoms with Crippen LogP contribution < -0.4 is 0 Å². The van der Waals surface area contributed by atoms with Crippen molar-refractivity contribution in [3.8, 4) is 0 Å². The molecular formula is C10H12NO2WY-. The average Bonchev–Trinajstić information content (AvgIpc) is 2.05. The van der Waals surface area contributed by atoms with Crippen molar-refractivity contribution in [3.63, 3.8) is 0 Å². The van der Waals surface area contributed by atoms with Crippen molar-refractivity contribution in [2.45, 2.75) is 25.8 Å². The number of hydrogen-bond donors (Lipinski definition) is 0. The molecule has 0 aromatic heterocycles. The predicted molar refractivity (Wildman–Crippen MR) is 48.2 cm³/mol. The Hall–Kier alpha value is 0.672. The molecule has 2 rings (SSSR count). The Kier molecular flexibility index (Phi) is 5.57. The summed E-state index contributed by atoms with van der Waals surface area (Å²) in [6, 6.07) is 0. The zero-order valence-corrected chi connectivity index (χ0v) is 14.5. The maximum atomic E-state index is 11.3. The minimum absolute atomic E-state index is 0. The molecule has 1 fully saturated rings. The molecule has 79 valence electrons. The van der Waals surface area contributed by atoms with Gasteiger partial charge in [-0.1, -0.05) is 25.5 Å². The zero-order valence-electron chi connectivity index (χ0n) is 8.77. The van der Waals surface area contributed by atoms with E-state index in [0.717, 1.165) is 0 Å². The van der Waals surface area contributed by atoms with Gasteiger partial charge in [-0.2, -0.15) is 0 Å². The summed E-state index contributed by atoms with van der Waals surface area (Å²) in [4.78, 5) is 22.1. The summed E-state index contributed by atoms with van der Waals surface area (Å²) in [5.74, 6) is 0.246. The molecule has 1 spiro atoms. The van der Waals surface area contributed by atoms with Crippen molar-refractivity contribution in [1.82, 2.24) is 0 Å². The van der Waals surface area contributed by atoms with Gasteiger partial charge in [-0.05, 0) is 18.4 Å². The molecule has 1 heterocycles. The van der Waals surface area contributed by atoms with Crippen LogP contribution >= 0.6 is 0 Å². The molecule has 1 aliphatic heterocycles. The number of β-lactam (4-membered cyclic amide) rings is 1. The average molecular weight is 451 g/mol. The minimum atomic E-state index is -0.343. The van der Waals surface area contributed by atoms with Crippen molar-refractivity contribution in [2.24, 2.45) is 11.8 Å². The standard InChI is InChI=1S/C10H13NO2.W.Y/c1-6-7(2)10(4-3-8(6)12)5-9(13)11-10;;/h3-4,6-7H,5H2,1-2H3,(H,11,13);;/p-1/t6-,7+,10?;;/m0../s1. The van der Waals surface area contributed by atoms with Gasteiger partial charge in [0.25, 0.3) is 0 Å². The Balaban J connectivity index is 0.000000980. The van der Waals surface area contributed by atoms with Crippen LogP contribution in [0.1, 0.15) is 20.3 Å². The van der Waals surface area contributed by atoms with Crippen LogP contribution in [0.25, 0.3) is 5.32 Å². The van der Waals surface area contributed by atoms with Gasteiger partial charge in [-0.25, -0.2) is 0 Å². The second-order valence-corrected chi connectivity index (χ2v) is 3.99. The number of hydrogen-bond acceptors (Lipinski definition) is 2. The smallest absolute Gasteiger partial charge is 0.158 e. The van der Waals surface area contributed by atoms with Crippen molar-refractivity contribution < 1.29 is 63.4 Å². The second kappa shape index (κ2) is 5.34. The SMILES string of the molecule is C[C@@H]1C(=O)C=CC2(CC(=O)[N-]2)[C@@H]1C.[W].[Y]. The third kappa shape index (κ3) is 2.50. The largest absolute Gasteiger partial charge is 0.644 e. The molecule has 2 aliphatic rings. The molecule has 15 heavy (non-hydrogen) atoms. The molecule has 0 aromatic carbocycles. The Morgan fingerprint density at radius 1 is 1.40 bits per heavy atom. The van der Waals surface area contributed by atoms with Gasteiger partial charge in [0.05, 0.1) is 5.91 Å². The van der Waals surface area contributed by atoms with Gasteiger partial charge in [-0.15, -0.1) is 0 Å². The Morgan fingerprint density at radius 3 is 2.40 bits per heavy atom. The Bertz CT molecular complexity index is 309. The third-order valence-electron chi connectivity index (χ3n) is 3.29. The summed E-state index contributed by atoms with van der Waals surface area (Å²) in [6.45, 7) is 3.89. The fourth-order valence-electron chi connectivity index (χ4n) is 2.03. The molecule has 1 radical (unpaired) electrons. The fourth-order valence-corrected chi connectivity index (χ4v) is 2.03. The first kappa shape index (κ1) is 15.7. The van der Waals surface area contributed by atoms with Crippen molar-refractivity contribution >= 4 is 11.7 Å². The van der Waals surface area contributed by atoms with E-state index in [9.17, 15) is 9.59 Å². The summed E-state index contributed by atoms with van der Waals surface area (Å²) < 4.78 is 0. The van der Waals surface area contributed by atoms with E-state index in [1.807, 2.05) is 13.8 Å². The first-order valence-corrected chi connectivity index (χ1v) is 4.54.